The Labute approximate surface area is 179 Å². The molecule has 6 nitrogen and oxygen atoms in total. The standard InChI is InChI=1S/C23H22ClN3O3/c24-21-10-5-17(13-25-21)12-22(28)27(15-20-2-1-11-30-20)14-16-3-6-18(7-4-16)23(29)26-19-8-9-19/h1-7,10-11,13,19H,8-9,12,14-15H2,(H,26,29). The molecule has 1 N–H and O–H groups in total. The molecule has 30 heavy (non-hydrogen) atoms. The molecule has 2 amide bonds. The van der Waals surface area contributed by atoms with Gasteiger partial charge in [0.2, 0.25) is 5.91 Å². The quantitative estimate of drug-likeness (QED) is 0.556. The molecular formula is C23H22ClN3O3. The average molecular weight is 424 g/mol. The summed E-state index contributed by atoms with van der Waals surface area (Å²) in [6, 6.07) is 14.8. The number of aromatic nitrogens is 1. The van der Waals surface area contributed by atoms with Crippen LogP contribution in [0.4, 0.5) is 0 Å². The predicted molar refractivity (Wildman–Crippen MR) is 113 cm³/mol. The minimum absolute atomic E-state index is 0.0499. The van der Waals surface area contributed by atoms with Crippen LogP contribution >= 0.6 is 11.6 Å². The number of carbonyl (C=O) groups is 2. The van der Waals surface area contributed by atoms with Gasteiger partial charge in [-0.2, -0.15) is 0 Å². The molecule has 4 rings (SSSR count). The van der Waals surface area contributed by atoms with Gasteiger partial charge in [0.05, 0.1) is 19.2 Å². The first kappa shape index (κ1) is 20.2. The van der Waals surface area contributed by atoms with Crippen LogP contribution < -0.4 is 5.32 Å². The predicted octanol–water partition coefficient (Wildman–Crippen LogP) is 3.99. The Morgan fingerprint density at radius 2 is 1.83 bits per heavy atom. The largest absolute Gasteiger partial charge is 0.467 e. The number of hydrogen-bond acceptors (Lipinski definition) is 4. The highest BCUT2D eigenvalue weighted by molar-refractivity contribution is 6.29. The van der Waals surface area contributed by atoms with Crippen LogP contribution in [0.3, 0.4) is 0 Å². The topological polar surface area (TPSA) is 75.4 Å². The summed E-state index contributed by atoms with van der Waals surface area (Å²) in [5, 5.41) is 3.37. The zero-order valence-electron chi connectivity index (χ0n) is 16.4. The van der Waals surface area contributed by atoms with Crippen LogP contribution in [0.5, 0.6) is 0 Å². The van der Waals surface area contributed by atoms with Crippen LogP contribution in [0.25, 0.3) is 0 Å². The second kappa shape index (κ2) is 9.13. The number of nitrogens with one attached hydrogen (secondary N) is 1. The van der Waals surface area contributed by atoms with Crippen molar-refractivity contribution in [1.82, 2.24) is 15.2 Å². The molecule has 0 unspecified atom stereocenters. The van der Waals surface area contributed by atoms with Gasteiger partial charge in [-0.3, -0.25) is 9.59 Å². The van der Waals surface area contributed by atoms with Crippen molar-refractivity contribution in [2.75, 3.05) is 0 Å². The number of nitrogens with zero attached hydrogens (tertiary/aromatic N) is 2. The highest BCUT2D eigenvalue weighted by atomic mass is 35.5. The van der Waals surface area contributed by atoms with Crippen molar-refractivity contribution in [2.45, 2.75) is 38.4 Å². The normalized spacial score (nSPS) is 13.1. The van der Waals surface area contributed by atoms with Gasteiger partial charge in [-0.25, -0.2) is 4.98 Å². The molecule has 2 aromatic heterocycles. The number of amides is 2. The van der Waals surface area contributed by atoms with Crippen molar-refractivity contribution in [3.63, 3.8) is 0 Å². The molecule has 2 heterocycles. The number of hydrogen-bond donors (Lipinski definition) is 1. The maximum absolute atomic E-state index is 13.0. The molecule has 0 aliphatic heterocycles. The Bertz CT molecular complexity index is 997. The number of benzene rings is 1. The van der Waals surface area contributed by atoms with Crippen molar-refractivity contribution >= 4 is 23.4 Å². The summed E-state index contributed by atoms with van der Waals surface area (Å²) in [5.41, 5.74) is 2.36. The Balaban J connectivity index is 1.45. The van der Waals surface area contributed by atoms with Crippen molar-refractivity contribution < 1.29 is 14.0 Å². The number of furan rings is 1. The first-order valence-corrected chi connectivity index (χ1v) is 10.2. The van der Waals surface area contributed by atoms with Gasteiger partial charge in [-0.15, -0.1) is 0 Å². The summed E-state index contributed by atoms with van der Waals surface area (Å²) in [6.45, 7) is 0.766. The van der Waals surface area contributed by atoms with Crippen LogP contribution in [0.15, 0.2) is 65.4 Å². The van der Waals surface area contributed by atoms with Gasteiger partial charge in [-0.1, -0.05) is 29.8 Å². The first-order valence-electron chi connectivity index (χ1n) is 9.87. The zero-order valence-corrected chi connectivity index (χ0v) is 17.1. The maximum atomic E-state index is 13.0. The molecule has 0 atom stereocenters. The molecule has 0 saturated heterocycles. The van der Waals surface area contributed by atoms with Gasteiger partial charge < -0.3 is 14.6 Å². The van der Waals surface area contributed by atoms with Crippen LogP contribution in [-0.4, -0.2) is 27.7 Å². The van der Waals surface area contributed by atoms with Gasteiger partial charge in [0.1, 0.15) is 10.9 Å². The van der Waals surface area contributed by atoms with Gasteiger partial charge in [0.25, 0.3) is 5.91 Å². The van der Waals surface area contributed by atoms with E-state index in [9.17, 15) is 9.59 Å². The summed E-state index contributed by atoms with van der Waals surface area (Å²) in [5.74, 6) is 0.604. The Morgan fingerprint density at radius 3 is 2.47 bits per heavy atom. The molecule has 7 heteroatoms. The Hall–Kier alpha value is -3.12. The summed E-state index contributed by atoms with van der Waals surface area (Å²) >= 11 is 5.83. The van der Waals surface area contributed by atoms with Crippen LogP contribution in [-0.2, 0) is 24.3 Å². The zero-order chi connectivity index (χ0) is 20.9. The van der Waals surface area contributed by atoms with E-state index in [0.29, 0.717) is 35.6 Å². The maximum Gasteiger partial charge on any atom is 0.251 e. The summed E-state index contributed by atoms with van der Waals surface area (Å²) in [7, 11) is 0. The Kier molecular flexibility index (Phi) is 6.14. The van der Waals surface area contributed by atoms with Gasteiger partial charge >= 0.3 is 0 Å². The van der Waals surface area contributed by atoms with Gasteiger partial charge in [0, 0.05) is 24.3 Å². The van der Waals surface area contributed by atoms with Gasteiger partial charge in [-0.05, 0) is 54.3 Å². The van der Waals surface area contributed by atoms with E-state index in [2.05, 4.69) is 10.3 Å². The van der Waals surface area contributed by atoms with Crippen molar-refractivity contribution in [2.24, 2.45) is 0 Å². The molecule has 0 bridgehead atoms. The lowest BCUT2D eigenvalue weighted by Crippen LogP contribution is -2.31. The summed E-state index contributed by atoms with van der Waals surface area (Å²) in [6.07, 6.45) is 5.52. The van der Waals surface area contributed by atoms with Crippen LogP contribution in [0.1, 0.15) is 40.1 Å². The summed E-state index contributed by atoms with van der Waals surface area (Å²) < 4.78 is 5.43. The van der Waals surface area contributed by atoms with Crippen LogP contribution in [0.2, 0.25) is 5.15 Å². The van der Waals surface area contributed by atoms with E-state index in [1.165, 1.54) is 0 Å². The fourth-order valence-corrected chi connectivity index (χ4v) is 3.21. The minimum Gasteiger partial charge on any atom is -0.467 e. The number of carbonyl (C=O) groups excluding carboxylic acids is 2. The average Bonchev–Trinajstić information content (AvgIpc) is 3.41. The molecule has 3 aromatic rings. The third-order valence-corrected chi connectivity index (χ3v) is 5.15. The molecular weight excluding hydrogens is 402 g/mol. The fraction of sp³-hybridized carbons (Fsp3) is 0.261. The Morgan fingerprint density at radius 1 is 1.07 bits per heavy atom. The number of halogens is 1. The fourth-order valence-electron chi connectivity index (χ4n) is 3.10. The molecule has 154 valence electrons. The van der Waals surface area contributed by atoms with Crippen molar-refractivity contribution in [3.05, 3.63) is 88.6 Å². The lowest BCUT2D eigenvalue weighted by molar-refractivity contribution is -0.132. The second-order valence-corrected chi connectivity index (χ2v) is 7.83. The van der Waals surface area contributed by atoms with Gasteiger partial charge in [0.15, 0.2) is 0 Å². The monoisotopic (exact) mass is 423 g/mol. The molecule has 1 aromatic carbocycles. The molecule has 1 aliphatic carbocycles. The van der Waals surface area contributed by atoms with E-state index in [1.54, 1.807) is 47.7 Å². The van der Waals surface area contributed by atoms with Crippen LogP contribution in [0, 0.1) is 0 Å². The molecule has 1 fully saturated rings. The molecule has 1 aliphatic rings. The first-order chi connectivity index (χ1) is 14.6. The highest BCUT2D eigenvalue weighted by Crippen LogP contribution is 2.20. The number of rotatable bonds is 8. The summed E-state index contributed by atoms with van der Waals surface area (Å²) in [4.78, 5) is 30.9. The van der Waals surface area contributed by atoms with E-state index in [0.717, 1.165) is 24.0 Å². The van der Waals surface area contributed by atoms with E-state index < -0.39 is 0 Å². The third kappa shape index (κ3) is 5.48. The smallest absolute Gasteiger partial charge is 0.251 e. The second-order valence-electron chi connectivity index (χ2n) is 7.44. The van der Waals surface area contributed by atoms with E-state index in [1.807, 2.05) is 18.2 Å². The van der Waals surface area contributed by atoms with E-state index in [4.69, 9.17) is 16.0 Å². The third-order valence-electron chi connectivity index (χ3n) is 4.93. The van der Waals surface area contributed by atoms with Crippen molar-refractivity contribution in [3.8, 4) is 0 Å². The molecule has 0 radical (unpaired) electrons. The lowest BCUT2D eigenvalue weighted by Gasteiger charge is -2.22. The SMILES string of the molecule is O=C(NC1CC1)c1ccc(CN(Cc2ccco2)C(=O)Cc2ccc(Cl)nc2)cc1. The number of pyridine rings is 1. The minimum atomic E-state index is -0.0530. The molecule has 0 spiro atoms. The highest BCUT2D eigenvalue weighted by Gasteiger charge is 2.24. The van der Waals surface area contributed by atoms with E-state index in [-0.39, 0.29) is 18.2 Å². The lowest BCUT2D eigenvalue weighted by atomic mass is 10.1. The van der Waals surface area contributed by atoms with E-state index >= 15 is 0 Å². The van der Waals surface area contributed by atoms with Crippen molar-refractivity contribution in [1.29, 1.82) is 0 Å². The molecule has 1 saturated carbocycles.